The van der Waals surface area contributed by atoms with Gasteiger partial charge in [-0.25, -0.2) is 0 Å². The van der Waals surface area contributed by atoms with Crippen molar-refractivity contribution < 1.29 is 14.3 Å². The van der Waals surface area contributed by atoms with E-state index in [4.69, 9.17) is 10.00 Å². The summed E-state index contributed by atoms with van der Waals surface area (Å²) in [6.45, 7) is 14.5. The predicted octanol–water partition coefficient (Wildman–Crippen LogP) is 11.6. The minimum Gasteiger partial charge on any atom is -0.459 e. The van der Waals surface area contributed by atoms with Gasteiger partial charge in [0.2, 0.25) is 0 Å². The van der Waals surface area contributed by atoms with Crippen molar-refractivity contribution in [1.82, 2.24) is 0 Å². The van der Waals surface area contributed by atoms with Crippen molar-refractivity contribution in [3.8, 4) is 6.07 Å². The maximum absolute atomic E-state index is 10.9. The van der Waals surface area contributed by atoms with Gasteiger partial charge in [-0.05, 0) is 52.9 Å². The molecule has 0 radical (unpaired) electrons. The average Bonchev–Trinajstić information content (AvgIpc) is 2.93. The molecule has 0 rings (SSSR count). The molecule has 0 aliphatic heterocycles. The van der Waals surface area contributed by atoms with Crippen molar-refractivity contribution in [3.05, 3.63) is 0 Å². The molecule has 0 aromatic heterocycles. The molecule has 41 heavy (non-hydrogen) atoms. The largest absolute Gasteiger partial charge is 0.459 e. The number of aldehydes is 1. The molecule has 4 nitrogen and oxygen atoms in total. The number of nitrogens with zero attached hydrogens (tertiary/aromatic N) is 1. The Bertz CT molecular complexity index is 616. The molecule has 0 bridgehead atoms. The number of carbonyl (C=O) groups excluding carboxylic acids is 2. The maximum atomic E-state index is 10.9. The molecule has 0 aliphatic rings. The lowest BCUT2D eigenvalue weighted by atomic mass is 10.0. The Kier molecular flexibility index (Phi) is 30.0. The highest BCUT2D eigenvalue weighted by Gasteiger charge is 2.34. The first-order valence-corrected chi connectivity index (χ1v) is 20.1. The van der Waals surface area contributed by atoms with Crippen LogP contribution in [0.5, 0.6) is 0 Å². The van der Waals surface area contributed by atoms with Crippen LogP contribution in [0.4, 0.5) is 0 Å². The van der Waals surface area contributed by atoms with Crippen LogP contribution in [0.1, 0.15) is 177 Å². The fraction of sp³-hybridized carbons (Fsp3) is 0.917. The third-order valence-corrected chi connectivity index (χ3v) is 12.9. The molecule has 0 saturated heterocycles. The van der Waals surface area contributed by atoms with Gasteiger partial charge in [0.05, 0.1) is 30.7 Å². The van der Waals surface area contributed by atoms with Gasteiger partial charge < -0.3 is 9.53 Å². The summed E-state index contributed by atoms with van der Waals surface area (Å²) in [6.07, 6.45) is 36.2. The number of esters is 1. The van der Waals surface area contributed by atoms with Gasteiger partial charge in [0.25, 0.3) is 0 Å². The first kappa shape index (κ1) is 42.2. The lowest BCUT2D eigenvalue weighted by Crippen LogP contribution is -2.28. The second-order valence-corrected chi connectivity index (χ2v) is 17.6. The van der Waals surface area contributed by atoms with E-state index in [1.165, 1.54) is 128 Å². The summed E-state index contributed by atoms with van der Waals surface area (Å²) in [4.78, 5) is 21.1. The molecule has 1 unspecified atom stereocenters. The van der Waals surface area contributed by atoms with Crippen molar-refractivity contribution in [2.45, 2.75) is 182 Å². The van der Waals surface area contributed by atoms with Crippen molar-refractivity contribution in [2.75, 3.05) is 24.6 Å². The molecule has 5 heteroatoms. The number of ether oxygens (including phenoxy) is 1. The van der Waals surface area contributed by atoms with Gasteiger partial charge in [-0.15, -0.1) is 0 Å². The van der Waals surface area contributed by atoms with Gasteiger partial charge in [-0.2, -0.15) is 5.26 Å². The number of hydrogen-bond acceptors (Lipinski definition) is 4. The molecule has 0 aliphatic carbocycles. The Hall–Kier alpha value is -0.940. The second kappa shape index (κ2) is 29.1. The maximum Gasteiger partial charge on any atom is 0.331 e. The van der Waals surface area contributed by atoms with Gasteiger partial charge in [0, 0.05) is 7.26 Å². The molecule has 0 N–H and O–H groups in total. The molecule has 0 spiro atoms. The van der Waals surface area contributed by atoms with E-state index < -0.39 is 24.8 Å². The molecule has 242 valence electrons. The van der Waals surface area contributed by atoms with Crippen LogP contribution in [0.3, 0.4) is 0 Å². The van der Waals surface area contributed by atoms with Gasteiger partial charge >= 0.3 is 5.97 Å². The van der Waals surface area contributed by atoms with E-state index >= 15 is 0 Å². The van der Waals surface area contributed by atoms with E-state index in [-0.39, 0.29) is 6.29 Å². The Labute approximate surface area is 257 Å². The molecule has 0 fully saturated rings. The van der Waals surface area contributed by atoms with Crippen LogP contribution in [-0.4, -0.2) is 42.5 Å². The summed E-state index contributed by atoms with van der Waals surface area (Å²) in [7, 11) is -0.630. The zero-order valence-corrected chi connectivity index (χ0v) is 29.6. The average molecular weight is 597 g/mol. The van der Waals surface area contributed by atoms with Crippen molar-refractivity contribution in [3.63, 3.8) is 0 Å². The van der Waals surface area contributed by atoms with Crippen molar-refractivity contribution in [2.24, 2.45) is 5.92 Å². The quantitative estimate of drug-likeness (QED) is 0.0327. The minimum absolute atomic E-state index is 0.272. The summed E-state index contributed by atoms with van der Waals surface area (Å²) in [5.74, 6) is -2.09. The predicted molar refractivity (Wildman–Crippen MR) is 182 cm³/mol. The molecule has 1 atom stereocenters. The van der Waals surface area contributed by atoms with Crippen LogP contribution in [0.15, 0.2) is 0 Å². The van der Waals surface area contributed by atoms with Crippen LogP contribution in [0, 0.1) is 17.2 Å². The third-order valence-electron chi connectivity index (χ3n) is 7.88. The van der Waals surface area contributed by atoms with Crippen LogP contribution in [0.2, 0.25) is 0 Å². The Morgan fingerprint density at radius 3 is 1.24 bits per heavy atom. The fourth-order valence-electron chi connectivity index (χ4n) is 5.30. The number of rotatable bonds is 26. The summed E-state index contributed by atoms with van der Waals surface area (Å²) in [6, 6.07) is 1.53. The van der Waals surface area contributed by atoms with Crippen LogP contribution >= 0.6 is 7.26 Å². The Morgan fingerprint density at radius 1 is 0.634 bits per heavy atom. The van der Waals surface area contributed by atoms with E-state index in [1.807, 2.05) is 0 Å². The highest BCUT2D eigenvalue weighted by Crippen LogP contribution is 2.61. The number of unbranched alkanes of at least 4 members (excludes halogenated alkanes) is 16. The highest BCUT2D eigenvalue weighted by atomic mass is 31.2. The summed E-state index contributed by atoms with van der Waals surface area (Å²) in [5, 5.41) is 8.31. The number of nitriles is 1. The SMILES string of the molecule is CC(C)(C)OC(=O)C(C#N)C=O.CCCCCCCCCCCCCCCC[P+](CCCC)(CCCC)CCCC. The first-order valence-electron chi connectivity index (χ1n) is 17.6. The van der Waals surface area contributed by atoms with E-state index in [9.17, 15) is 9.59 Å². The van der Waals surface area contributed by atoms with Gasteiger partial charge in [-0.1, -0.05) is 124 Å². The number of hydrogen-bond donors (Lipinski definition) is 0. The summed E-state index contributed by atoms with van der Waals surface area (Å²) in [5.41, 5.74) is -0.658. The topological polar surface area (TPSA) is 67.2 Å². The summed E-state index contributed by atoms with van der Waals surface area (Å²) < 4.78 is 4.79. The van der Waals surface area contributed by atoms with E-state index in [2.05, 4.69) is 27.7 Å². The van der Waals surface area contributed by atoms with E-state index in [1.54, 1.807) is 51.8 Å². The van der Waals surface area contributed by atoms with Gasteiger partial charge in [-0.3, -0.25) is 4.79 Å². The zero-order valence-electron chi connectivity index (χ0n) is 28.7. The zero-order chi connectivity index (χ0) is 31.2. The second-order valence-electron chi connectivity index (χ2n) is 13.2. The number of carbonyl (C=O) groups is 2. The lowest BCUT2D eigenvalue weighted by molar-refractivity contribution is -0.158. The molecule has 0 aromatic carbocycles. The monoisotopic (exact) mass is 597 g/mol. The minimum atomic E-state index is -1.30. The van der Waals surface area contributed by atoms with E-state index in [0.29, 0.717) is 0 Å². The van der Waals surface area contributed by atoms with Crippen LogP contribution in [-0.2, 0) is 14.3 Å². The summed E-state index contributed by atoms with van der Waals surface area (Å²) >= 11 is 0. The van der Waals surface area contributed by atoms with Crippen LogP contribution < -0.4 is 0 Å². The third kappa shape index (κ3) is 27.6. The molecule has 0 amide bonds. The molecular weight excluding hydrogens is 525 g/mol. The standard InChI is InChI=1S/C28H60P.C8H11NO3/c1-5-9-13-14-15-16-17-18-19-20-21-22-23-24-28-29(25-10-6-2,26-11-7-3)27-12-8-4;1-8(2,3)12-7(11)6(4-9)5-10/h5-28H2,1-4H3;5-6H,1-3H3/q+1;. The fourth-order valence-corrected chi connectivity index (χ4v) is 10.5. The molecule has 0 heterocycles. The van der Waals surface area contributed by atoms with Gasteiger partial charge in [0.15, 0.2) is 5.92 Å². The lowest BCUT2D eigenvalue weighted by Gasteiger charge is -2.28. The van der Waals surface area contributed by atoms with Crippen molar-refractivity contribution >= 4 is 19.5 Å². The van der Waals surface area contributed by atoms with Crippen LogP contribution in [0.25, 0.3) is 0 Å². The van der Waals surface area contributed by atoms with E-state index in [0.717, 1.165) is 0 Å². The molecule has 0 saturated carbocycles. The molecule has 0 aromatic rings. The Morgan fingerprint density at radius 2 is 0.951 bits per heavy atom. The van der Waals surface area contributed by atoms with Crippen molar-refractivity contribution in [1.29, 1.82) is 5.26 Å². The normalized spacial score (nSPS) is 12.2. The molecular formula is C36H71NO3P+. The Balaban J connectivity index is 0. The highest BCUT2D eigenvalue weighted by molar-refractivity contribution is 7.75. The first-order chi connectivity index (χ1) is 19.6. The van der Waals surface area contributed by atoms with Gasteiger partial charge in [0.1, 0.15) is 11.9 Å². The smallest absolute Gasteiger partial charge is 0.331 e.